The van der Waals surface area contributed by atoms with Crippen molar-refractivity contribution in [3.8, 4) is 0 Å². The van der Waals surface area contributed by atoms with E-state index in [0.29, 0.717) is 5.41 Å². The number of nitrogens with two attached hydrogens (primary N) is 1. The SMILES string of the molecule is Cc1csc2c1C(N)CC(C)(C)C2. The third kappa shape index (κ3) is 1.53. The molecule has 0 bridgehead atoms. The average molecular weight is 195 g/mol. The number of thiophene rings is 1. The molecule has 1 heterocycles. The second-order valence-electron chi connectivity index (χ2n) is 4.91. The van der Waals surface area contributed by atoms with Crippen LogP contribution in [0.1, 0.15) is 42.3 Å². The van der Waals surface area contributed by atoms with Crippen molar-refractivity contribution >= 4 is 11.3 Å². The van der Waals surface area contributed by atoms with E-state index in [2.05, 4.69) is 26.2 Å². The van der Waals surface area contributed by atoms with Crippen LogP contribution in [0.5, 0.6) is 0 Å². The molecule has 0 aliphatic heterocycles. The van der Waals surface area contributed by atoms with Gasteiger partial charge in [-0.25, -0.2) is 0 Å². The molecule has 0 saturated carbocycles. The summed E-state index contributed by atoms with van der Waals surface area (Å²) in [5.41, 5.74) is 9.39. The van der Waals surface area contributed by atoms with Gasteiger partial charge in [0.05, 0.1) is 0 Å². The molecule has 1 nitrogen and oxygen atoms in total. The van der Waals surface area contributed by atoms with E-state index in [-0.39, 0.29) is 6.04 Å². The van der Waals surface area contributed by atoms with Crippen molar-refractivity contribution < 1.29 is 0 Å². The van der Waals surface area contributed by atoms with Crippen LogP contribution in [0.2, 0.25) is 0 Å². The largest absolute Gasteiger partial charge is 0.324 e. The number of hydrogen-bond donors (Lipinski definition) is 1. The van der Waals surface area contributed by atoms with Crippen LogP contribution < -0.4 is 5.73 Å². The number of fused-ring (bicyclic) bond motifs is 1. The van der Waals surface area contributed by atoms with E-state index in [0.717, 1.165) is 6.42 Å². The second-order valence-corrected chi connectivity index (χ2v) is 5.87. The van der Waals surface area contributed by atoms with Gasteiger partial charge in [0.2, 0.25) is 0 Å². The first-order valence-electron chi connectivity index (χ1n) is 4.82. The number of hydrogen-bond acceptors (Lipinski definition) is 2. The summed E-state index contributed by atoms with van der Waals surface area (Å²) in [5, 5.41) is 2.24. The Labute approximate surface area is 84.0 Å². The van der Waals surface area contributed by atoms with Crippen molar-refractivity contribution in [2.24, 2.45) is 11.1 Å². The molecule has 0 amide bonds. The fourth-order valence-corrected chi connectivity index (χ4v) is 3.71. The van der Waals surface area contributed by atoms with Crippen molar-refractivity contribution in [1.29, 1.82) is 0 Å². The summed E-state index contributed by atoms with van der Waals surface area (Å²) < 4.78 is 0. The predicted octanol–water partition coefficient (Wildman–Crippen LogP) is 3.03. The van der Waals surface area contributed by atoms with E-state index in [4.69, 9.17) is 5.73 Å². The lowest BCUT2D eigenvalue weighted by Gasteiger charge is -2.33. The van der Waals surface area contributed by atoms with E-state index >= 15 is 0 Å². The lowest BCUT2D eigenvalue weighted by Crippen LogP contribution is -2.28. The molecule has 0 spiro atoms. The highest BCUT2D eigenvalue weighted by molar-refractivity contribution is 7.10. The standard InChI is InChI=1S/C11H17NS/c1-7-6-13-9-5-11(2,3)4-8(12)10(7)9/h6,8H,4-5,12H2,1-3H3. The van der Waals surface area contributed by atoms with Gasteiger partial charge < -0.3 is 5.73 Å². The molecule has 13 heavy (non-hydrogen) atoms. The number of rotatable bonds is 0. The highest BCUT2D eigenvalue weighted by Gasteiger charge is 2.32. The molecule has 1 aliphatic carbocycles. The van der Waals surface area contributed by atoms with Crippen LogP contribution in [0.25, 0.3) is 0 Å². The highest BCUT2D eigenvalue weighted by Crippen LogP contribution is 2.43. The average Bonchev–Trinajstić information content (AvgIpc) is 2.28. The quantitative estimate of drug-likeness (QED) is 0.676. The Morgan fingerprint density at radius 2 is 2.23 bits per heavy atom. The van der Waals surface area contributed by atoms with Crippen molar-refractivity contribution in [1.82, 2.24) is 0 Å². The topological polar surface area (TPSA) is 26.0 Å². The molecule has 1 unspecified atom stereocenters. The van der Waals surface area contributed by atoms with Crippen LogP contribution in [0.4, 0.5) is 0 Å². The maximum Gasteiger partial charge on any atom is 0.0313 e. The van der Waals surface area contributed by atoms with Gasteiger partial charge in [0, 0.05) is 10.9 Å². The molecule has 2 rings (SSSR count). The minimum Gasteiger partial charge on any atom is -0.324 e. The zero-order valence-corrected chi connectivity index (χ0v) is 9.37. The third-order valence-corrected chi connectivity index (χ3v) is 4.01. The molecule has 0 aromatic carbocycles. The Hall–Kier alpha value is -0.340. The van der Waals surface area contributed by atoms with Gasteiger partial charge in [0.15, 0.2) is 0 Å². The van der Waals surface area contributed by atoms with Crippen LogP contribution in [-0.2, 0) is 6.42 Å². The third-order valence-electron chi connectivity index (χ3n) is 2.89. The van der Waals surface area contributed by atoms with E-state index < -0.39 is 0 Å². The molecule has 0 fully saturated rings. The molecule has 1 aromatic rings. The minimum atomic E-state index is 0.269. The lowest BCUT2D eigenvalue weighted by atomic mass is 9.75. The predicted molar refractivity (Wildman–Crippen MR) is 58.1 cm³/mol. The lowest BCUT2D eigenvalue weighted by molar-refractivity contribution is 0.286. The second kappa shape index (κ2) is 2.82. The van der Waals surface area contributed by atoms with Gasteiger partial charge in [-0.05, 0) is 41.7 Å². The van der Waals surface area contributed by atoms with Crippen LogP contribution in [-0.4, -0.2) is 0 Å². The summed E-state index contributed by atoms with van der Waals surface area (Å²) in [6, 6.07) is 0.269. The summed E-state index contributed by atoms with van der Waals surface area (Å²) in [6.45, 7) is 6.79. The van der Waals surface area contributed by atoms with Gasteiger partial charge in [-0.1, -0.05) is 13.8 Å². The van der Waals surface area contributed by atoms with Gasteiger partial charge in [0.25, 0.3) is 0 Å². The summed E-state index contributed by atoms with van der Waals surface area (Å²) in [7, 11) is 0. The van der Waals surface area contributed by atoms with Crippen LogP contribution >= 0.6 is 11.3 Å². The first-order chi connectivity index (χ1) is 5.99. The first-order valence-corrected chi connectivity index (χ1v) is 5.70. The zero-order chi connectivity index (χ0) is 9.64. The fourth-order valence-electron chi connectivity index (χ4n) is 2.35. The molecule has 72 valence electrons. The van der Waals surface area contributed by atoms with Crippen LogP contribution in [0.15, 0.2) is 5.38 Å². The summed E-state index contributed by atoms with van der Waals surface area (Å²) in [4.78, 5) is 1.52. The Kier molecular flexibility index (Phi) is 2.00. The monoisotopic (exact) mass is 195 g/mol. The zero-order valence-electron chi connectivity index (χ0n) is 8.55. The normalized spacial score (nSPS) is 25.7. The maximum atomic E-state index is 6.17. The first kappa shape index (κ1) is 9.22. The molecule has 1 aromatic heterocycles. The Balaban J connectivity index is 2.44. The van der Waals surface area contributed by atoms with Crippen molar-refractivity contribution in [2.45, 2.75) is 39.7 Å². The van der Waals surface area contributed by atoms with Gasteiger partial charge >= 0.3 is 0 Å². The van der Waals surface area contributed by atoms with Crippen LogP contribution in [0.3, 0.4) is 0 Å². The molecule has 1 atom stereocenters. The maximum absolute atomic E-state index is 6.17. The van der Waals surface area contributed by atoms with Gasteiger partial charge in [-0.2, -0.15) is 0 Å². The van der Waals surface area contributed by atoms with E-state index in [1.807, 2.05) is 11.3 Å². The Morgan fingerprint density at radius 3 is 2.92 bits per heavy atom. The van der Waals surface area contributed by atoms with Crippen LogP contribution in [0, 0.1) is 12.3 Å². The summed E-state index contributed by atoms with van der Waals surface area (Å²) in [5.74, 6) is 0. The Bertz CT molecular complexity index is 325. The molecular formula is C11H17NS. The van der Waals surface area contributed by atoms with E-state index in [1.165, 1.54) is 22.4 Å². The molecule has 0 radical (unpaired) electrons. The molecule has 2 N–H and O–H groups in total. The van der Waals surface area contributed by atoms with E-state index in [9.17, 15) is 0 Å². The highest BCUT2D eigenvalue weighted by atomic mass is 32.1. The summed E-state index contributed by atoms with van der Waals surface area (Å²) in [6.07, 6.45) is 2.33. The fraction of sp³-hybridized carbons (Fsp3) is 0.636. The van der Waals surface area contributed by atoms with Gasteiger partial charge in [0.1, 0.15) is 0 Å². The molecule has 1 aliphatic rings. The minimum absolute atomic E-state index is 0.269. The molecule has 2 heteroatoms. The molecule has 0 saturated heterocycles. The smallest absolute Gasteiger partial charge is 0.0313 e. The summed E-state index contributed by atoms with van der Waals surface area (Å²) >= 11 is 1.88. The van der Waals surface area contributed by atoms with E-state index in [1.54, 1.807) is 0 Å². The number of aryl methyl sites for hydroxylation is 1. The van der Waals surface area contributed by atoms with Crippen molar-refractivity contribution in [3.05, 3.63) is 21.4 Å². The van der Waals surface area contributed by atoms with Gasteiger partial charge in [-0.15, -0.1) is 11.3 Å². The molecular weight excluding hydrogens is 178 g/mol. The van der Waals surface area contributed by atoms with Crippen molar-refractivity contribution in [3.63, 3.8) is 0 Å². The van der Waals surface area contributed by atoms with Crippen molar-refractivity contribution in [2.75, 3.05) is 0 Å². The van der Waals surface area contributed by atoms with Gasteiger partial charge in [-0.3, -0.25) is 0 Å². The Morgan fingerprint density at radius 1 is 1.54 bits per heavy atom.